The standard InChI is InChI=1S/C17H19N5/c1-3-5-7-14(4-2)10-22-12-15-11-21(13-16(15)20-22)17-18-8-6-9-19-17/h3-9,12H,2,10-11,13H2,1H3/b5-3-,14-7+. The van der Waals surface area contributed by atoms with E-state index < -0.39 is 0 Å². The first kappa shape index (κ1) is 14.3. The quantitative estimate of drug-likeness (QED) is 0.795. The molecule has 0 N–H and O–H groups in total. The largest absolute Gasteiger partial charge is 0.330 e. The number of hydrogen-bond acceptors (Lipinski definition) is 4. The fourth-order valence-corrected chi connectivity index (χ4v) is 2.48. The summed E-state index contributed by atoms with van der Waals surface area (Å²) in [6.45, 7) is 8.16. The number of nitrogens with zero attached hydrogens (tertiary/aromatic N) is 5. The van der Waals surface area contributed by atoms with Crippen LogP contribution in [0.4, 0.5) is 5.95 Å². The number of allylic oxidation sites excluding steroid dienone is 5. The highest BCUT2D eigenvalue weighted by Gasteiger charge is 2.24. The molecule has 2 aromatic rings. The molecule has 0 atom stereocenters. The highest BCUT2D eigenvalue weighted by Crippen LogP contribution is 2.24. The zero-order valence-corrected chi connectivity index (χ0v) is 12.7. The van der Waals surface area contributed by atoms with Crippen molar-refractivity contribution < 1.29 is 0 Å². The summed E-state index contributed by atoms with van der Waals surface area (Å²) in [7, 11) is 0. The maximum absolute atomic E-state index is 4.67. The fraction of sp³-hybridized carbons (Fsp3) is 0.235. The predicted molar refractivity (Wildman–Crippen MR) is 87.2 cm³/mol. The summed E-state index contributed by atoms with van der Waals surface area (Å²) >= 11 is 0. The van der Waals surface area contributed by atoms with E-state index in [0.717, 1.165) is 36.8 Å². The van der Waals surface area contributed by atoms with E-state index in [9.17, 15) is 0 Å². The normalized spacial score (nSPS) is 14.6. The Morgan fingerprint density at radius 1 is 1.32 bits per heavy atom. The lowest BCUT2D eigenvalue weighted by atomic mass is 10.2. The van der Waals surface area contributed by atoms with Crippen LogP contribution in [0.15, 0.2) is 61.1 Å². The molecule has 3 heterocycles. The number of fused-ring (bicyclic) bond motifs is 1. The molecule has 3 rings (SSSR count). The molecule has 0 spiro atoms. The molecule has 5 nitrogen and oxygen atoms in total. The summed E-state index contributed by atoms with van der Waals surface area (Å²) < 4.78 is 1.98. The number of hydrogen-bond donors (Lipinski definition) is 0. The number of aromatic nitrogens is 4. The second-order valence-corrected chi connectivity index (χ2v) is 5.17. The van der Waals surface area contributed by atoms with E-state index in [1.165, 1.54) is 5.56 Å². The second-order valence-electron chi connectivity index (χ2n) is 5.17. The topological polar surface area (TPSA) is 46.8 Å². The molecule has 0 aromatic carbocycles. The molecule has 0 fully saturated rings. The molecule has 0 saturated heterocycles. The van der Waals surface area contributed by atoms with E-state index in [1.807, 2.05) is 35.9 Å². The molecule has 0 saturated carbocycles. The molecule has 0 amide bonds. The van der Waals surface area contributed by atoms with Gasteiger partial charge in [0.25, 0.3) is 0 Å². The zero-order valence-electron chi connectivity index (χ0n) is 12.7. The van der Waals surface area contributed by atoms with Crippen LogP contribution in [0, 0.1) is 0 Å². The van der Waals surface area contributed by atoms with Crippen LogP contribution in [-0.4, -0.2) is 19.7 Å². The molecule has 0 aliphatic carbocycles. The first-order chi connectivity index (χ1) is 10.8. The zero-order chi connectivity index (χ0) is 15.4. The molecular weight excluding hydrogens is 274 g/mol. The summed E-state index contributed by atoms with van der Waals surface area (Å²) in [6.07, 6.45) is 13.6. The third kappa shape index (κ3) is 2.98. The lowest BCUT2D eigenvalue weighted by Gasteiger charge is -2.14. The summed E-state index contributed by atoms with van der Waals surface area (Å²) in [6, 6.07) is 1.83. The Balaban J connectivity index is 1.71. The van der Waals surface area contributed by atoms with Crippen molar-refractivity contribution in [1.29, 1.82) is 0 Å². The van der Waals surface area contributed by atoms with E-state index in [-0.39, 0.29) is 0 Å². The Kier molecular flexibility index (Phi) is 4.14. The average molecular weight is 293 g/mol. The molecule has 5 heteroatoms. The molecule has 112 valence electrons. The fourth-order valence-electron chi connectivity index (χ4n) is 2.48. The van der Waals surface area contributed by atoms with Crippen molar-refractivity contribution in [3.8, 4) is 0 Å². The van der Waals surface area contributed by atoms with E-state index in [1.54, 1.807) is 12.4 Å². The third-order valence-electron chi connectivity index (χ3n) is 3.57. The maximum Gasteiger partial charge on any atom is 0.225 e. The highest BCUT2D eigenvalue weighted by molar-refractivity contribution is 5.39. The second kappa shape index (κ2) is 6.39. The van der Waals surface area contributed by atoms with Gasteiger partial charge < -0.3 is 4.90 Å². The lowest BCUT2D eigenvalue weighted by Crippen LogP contribution is -2.18. The van der Waals surface area contributed by atoms with Gasteiger partial charge in [-0.05, 0) is 18.6 Å². The van der Waals surface area contributed by atoms with Gasteiger partial charge >= 0.3 is 0 Å². The minimum atomic E-state index is 0.739. The SMILES string of the molecule is C=C/C(=C\C=C/C)Cn1cc2c(n1)CN(c1ncccn1)C2. The van der Waals surface area contributed by atoms with Crippen molar-refractivity contribution >= 4 is 5.95 Å². The summed E-state index contributed by atoms with van der Waals surface area (Å²) in [4.78, 5) is 10.7. The molecule has 0 bridgehead atoms. The average Bonchev–Trinajstić information content (AvgIpc) is 3.10. The minimum Gasteiger partial charge on any atom is -0.330 e. The van der Waals surface area contributed by atoms with E-state index in [2.05, 4.69) is 38.8 Å². The van der Waals surface area contributed by atoms with Gasteiger partial charge in [-0.15, -0.1) is 0 Å². The maximum atomic E-state index is 4.67. The van der Waals surface area contributed by atoms with Gasteiger partial charge in [0.05, 0.1) is 18.8 Å². The van der Waals surface area contributed by atoms with Crippen LogP contribution in [0.2, 0.25) is 0 Å². The summed E-state index contributed by atoms with van der Waals surface area (Å²) in [5.74, 6) is 0.756. The predicted octanol–water partition coefficient (Wildman–Crippen LogP) is 2.88. The van der Waals surface area contributed by atoms with Crippen LogP contribution in [0.5, 0.6) is 0 Å². The van der Waals surface area contributed by atoms with Crippen LogP contribution >= 0.6 is 0 Å². The van der Waals surface area contributed by atoms with Crippen molar-refractivity contribution in [3.05, 3.63) is 72.4 Å². The van der Waals surface area contributed by atoms with Crippen LogP contribution < -0.4 is 4.90 Å². The third-order valence-corrected chi connectivity index (χ3v) is 3.57. The molecular formula is C17H19N5. The monoisotopic (exact) mass is 293 g/mol. The Bertz CT molecular complexity index is 688. The van der Waals surface area contributed by atoms with Gasteiger partial charge in [-0.1, -0.05) is 30.9 Å². The smallest absolute Gasteiger partial charge is 0.225 e. The van der Waals surface area contributed by atoms with E-state index >= 15 is 0 Å². The van der Waals surface area contributed by atoms with Crippen molar-refractivity contribution in [3.63, 3.8) is 0 Å². The Labute approximate surface area is 130 Å². The highest BCUT2D eigenvalue weighted by atomic mass is 15.3. The van der Waals surface area contributed by atoms with Crippen molar-refractivity contribution in [1.82, 2.24) is 19.7 Å². The van der Waals surface area contributed by atoms with Gasteiger partial charge in [-0.25, -0.2) is 9.97 Å². The van der Waals surface area contributed by atoms with E-state index in [4.69, 9.17) is 0 Å². The van der Waals surface area contributed by atoms with E-state index in [0.29, 0.717) is 0 Å². The Morgan fingerprint density at radius 3 is 2.82 bits per heavy atom. The van der Waals surface area contributed by atoms with Crippen LogP contribution in [0.3, 0.4) is 0 Å². The van der Waals surface area contributed by atoms with Crippen LogP contribution in [0.1, 0.15) is 18.2 Å². The van der Waals surface area contributed by atoms with Gasteiger partial charge in [0.15, 0.2) is 0 Å². The molecule has 2 aromatic heterocycles. The molecule has 22 heavy (non-hydrogen) atoms. The van der Waals surface area contributed by atoms with Crippen molar-refractivity contribution in [2.75, 3.05) is 4.90 Å². The Hall–Kier alpha value is -2.69. The van der Waals surface area contributed by atoms with Crippen LogP contribution in [0.25, 0.3) is 0 Å². The number of anilines is 1. The van der Waals surface area contributed by atoms with Crippen molar-refractivity contribution in [2.24, 2.45) is 0 Å². The first-order valence-corrected chi connectivity index (χ1v) is 7.31. The molecule has 1 aliphatic heterocycles. The van der Waals surface area contributed by atoms with Gasteiger partial charge in [0.1, 0.15) is 0 Å². The lowest BCUT2D eigenvalue weighted by molar-refractivity contribution is 0.659. The Morgan fingerprint density at radius 2 is 2.14 bits per heavy atom. The first-order valence-electron chi connectivity index (χ1n) is 7.31. The van der Waals surface area contributed by atoms with Gasteiger partial charge in [0.2, 0.25) is 5.95 Å². The molecule has 1 aliphatic rings. The van der Waals surface area contributed by atoms with Gasteiger partial charge in [-0.3, -0.25) is 4.68 Å². The summed E-state index contributed by atoms with van der Waals surface area (Å²) in [5, 5.41) is 4.67. The van der Waals surface area contributed by atoms with Crippen LogP contribution in [-0.2, 0) is 19.6 Å². The van der Waals surface area contributed by atoms with Gasteiger partial charge in [0, 0.05) is 30.7 Å². The minimum absolute atomic E-state index is 0.739. The molecule has 0 unspecified atom stereocenters. The molecule has 0 radical (unpaired) electrons. The van der Waals surface area contributed by atoms with Gasteiger partial charge in [-0.2, -0.15) is 5.10 Å². The number of rotatable bonds is 5. The van der Waals surface area contributed by atoms with Crippen molar-refractivity contribution in [2.45, 2.75) is 26.6 Å². The summed E-state index contributed by atoms with van der Waals surface area (Å²) in [5.41, 5.74) is 3.48.